The maximum atomic E-state index is 2.27. The molecule has 0 aliphatic rings. The molecule has 0 aromatic heterocycles. The molecular weight excluding hydrogens is 447 g/mol. The molecule has 0 fully saturated rings. The summed E-state index contributed by atoms with van der Waals surface area (Å²) in [5.41, 5.74) is 0. The van der Waals surface area contributed by atoms with Gasteiger partial charge >= 0.3 is 49.1 Å². The Kier molecular flexibility index (Phi) is 32.8. The van der Waals surface area contributed by atoms with Gasteiger partial charge in [-0.05, 0) is 15.8 Å². The van der Waals surface area contributed by atoms with Gasteiger partial charge in [0.1, 0.15) is 0 Å². The van der Waals surface area contributed by atoms with Crippen molar-refractivity contribution in [2.45, 2.75) is 0 Å². The van der Waals surface area contributed by atoms with Gasteiger partial charge in [0.05, 0.1) is 0 Å². The molecule has 0 aromatic carbocycles. The van der Waals surface area contributed by atoms with Gasteiger partial charge in [0, 0.05) is 40.0 Å². The zero-order chi connectivity index (χ0) is 9.86. The summed E-state index contributed by atoms with van der Waals surface area (Å²) in [5.74, 6) is 0. The third kappa shape index (κ3) is 188. The van der Waals surface area contributed by atoms with E-state index in [-0.39, 0.29) is 15.8 Å². The fraction of sp³-hybridized carbons (Fsp3) is 1.00. The minimum atomic E-state index is 0.120. The molecule has 0 amide bonds. The average Bonchev–Trinajstić information content (AvgIpc) is 1.60. The van der Waals surface area contributed by atoms with Crippen molar-refractivity contribution in [2.24, 2.45) is 0 Å². The van der Waals surface area contributed by atoms with Crippen LogP contribution in [-0.2, 0) is 8.26 Å². The van der Waals surface area contributed by atoms with Crippen LogP contribution in [0.4, 0.5) is 0 Å². The van der Waals surface area contributed by atoms with Gasteiger partial charge in [-0.1, -0.05) is 0 Å². The van der Waals surface area contributed by atoms with Crippen molar-refractivity contribution in [1.29, 1.82) is 0 Å². The van der Waals surface area contributed by atoms with E-state index in [1.165, 1.54) is 8.26 Å². The van der Waals surface area contributed by atoms with Crippen LogP contribution in [0.5, 0.6) is 0 Å². The Morgan fingerprint density at radius 2 is 0.727 bits per heavy atom. The van der Waals surface area contributed by atoms with Crippen molar-refractivity contribution in [3.05, 3.63) is 0 Å². The van der Waals surface area contributed by atoms with Gasteiger partial charge in [-0.2, -0.15) is 0 Å². The second-order valence-electron chi connectivity index (χ2n) is 3.05. The Morgan fingerprint density at radius 1 is 0.727 bits per heavy atom. The zero-order valence-electron chi connectivity index (χ0n) is 8.09. The van der Waals surface area contributed by atoms with Crippen LogP contribution in [0.25, 0.3) is 0 Å². The van der Waals surface area contributed by atoms with Gasteiger partial charge in [-0.3, -0.25) is 0 Å². The van der Waals surface area contributed by atoms with E-state index >= 15 is 0 Å². The van der Waals surface area contributed by atoms with E-state index in [1.807, 2.05) is 0 Å². The van der Waals surface area contributed by atoms with Crippen molar-refractivity contribution in [3.63, 3.8) is 0 Å². The molecule has 0 aliphatic carbocycles. The summed E-state index contributed by atoms with van der Waals surface area (Å²) < 4.78 is 0. The number of hydrogen-bond donors (Lipinski definition) is 0. The molecule has 0 bridgehead atoms. The topological polar surface area (TPSA) is 0 Å². The molecule has 0 N–H and O–H groups in total. The van der Waals surface area contributed by atoms with Crippen LogP contribution >= 0.6 is 56.7 Å². The van der Waals surface area contributed by atoms with Gasteiger partial charge in [-0.15, -0.1) is 0 Å². The summed E-state index contributed by atoms with van der Waals surface area (Å²) in [6.07, 6.45) is 0. The molecule has 0 saturated heterocycles. The quantitative estimate of drug-likeness (QED) is 0.374. The molecule has 0 rings (SSSR count). The third-order valence-electron chi connectivity index (χ3n) is 0. The number of rotatable bonds is 0. The van der Waals surface area contributed by atoms with Crippen LogP contribution in [-0.4, -0.2) is 40.0 Å². The van der Waals surface area contributed by atoms with E-state index in [0.29, 0.717) is 0 Å². The molecule has 0 aromatic rings. The molecule has 0 aliphatic heterocycles. The van der Waals surface area contributed by atoms with Crippen molar-refractivity contribution in [2.75, 3.05) is 40.0 Å². The molecule has 5 heteroatoms. The molecule has 75 valence electrons. The molecule has 0 heterocycles. The summed E-state index contributed by atoms with van der Waals surface area (Å²) in [6, 6.07) is 0. The molecular formula is C6H20CoI2P2+2. The minimum absolute atomic E-state index is 0.120. The fourth-order valence-electron chi connectivity index (χ4n) is 0. The first-order valence-electron chi connectivity index (χ1n) is 3.25. The van der Waals surface area contributed by atoms with Crippen LogP contribution in [0.2, 0.25) is 0 Å². The summed E-state index contributed by atoms with van der Waals surface area (Å²) >= 11 is 4.49. The Bertz CT molecular complexity index is 42.3. The third-order valence-corrected chi connectivity index (χ3v) is 0. The second kappa shape index (κ2) is 18.6. The average molecular weight is 467 g/mol. The van der Waals surface area contributed by atoms with Crippen LogP contribution in [0.15, 0.2) is 0 Å². The molecule has 0 spiro atoms. The molecule has 11 heavy (non-hydrogen) atoms. The predicted octanol–water partition coefficient (Wildman–Crippen LogP) is 3.95. The first-order chi connectivity index (χ1) is 4.88. The predicted molar refractivity (Wildman–Crippen MR) is 80.2 cm³/mol. The molecule has 0 radical (unpaired) electrons. The van der Waals surface area contributed by atoms with E-state index in [4.69, 9.17) is 0 Å². The van der Waals surface area contributed by atoms with E-state index < -0.39 is 0 Å². The van der Waals surface area contributed by atoms with Gasteiger partial charge in [-0.25, -0.2) is 0 Å². The Morgan fingerprint density at radius 3 is 0.727 bits per heavy atom. The first-order valence-corrected chi connectivity index (χ1v) is 16.0. The molecule has 0 unspecified atom stereocenters. The van der Waals surface area contributed by atoms with Crippen molar-refractivity contribution in [3.8, 4) is 0 Å². The summed E-state index contributed by atoms with van der Waals surface area (Å²) in [5, 5.41) is 0. The van der Waals surface area contributed by atoms with Crippen LogP contribution in [0.1, 0.15) is 0 Å². The normalized spacial score (nSPS) is 8.55. The Hall–Kier alpha value is 2.83. The van der Waals surface area contributed by atoms with Crippen molar-refractivity contribution in [1.82, 2.24) is 0 Å². The van der Waals surface area contributed by atoms with E-state index in [2.05, 4.69) is 80.8 Å². The molecule has 0 atom stereocenters. The SMILES string of the molecule is C[PH+](C)C.C[PH+](C)C.[I][Co][I]. The van der Waals surface area contributed by atoms with Crippen LogP contribution < -0.4 is 0 Å². The molecule has 0 nitrogen and oxygen atoms in total. The van der Waals surface area contributed by atoms with Crippen molar-refractivity contribution >= 4 is 56.7 Å². The van der Waals surface area contributed by atoms with E-state index in [9.17, 15) is 0 Å². The van der Waals surface area contributed by atoms with Gasteiger partial charge in [0.25, 0.3) is 0 Å². The maximum absolute atomic E-state index is 2.27. The van der Waals surface area contributed by atoms with Crippen molar-refractivity contribution < 1.29 is 8.26 Å². The first kappa shape index (κ1) is 19.4. The standard InChI is InChI=1S/2C3H9P.Co.2HI/c2*1-4(2)3;;;/h2*1-3H3;;2*1H/q;;+2;;. The van der Waals surface area contributed by atoms with E-state index in [0.717, 1.165) is 0 Å². The molecule has 0 saturated carbocycles. The Balaban J connectivity index is -0.0000000886. The fourth-order valence-corrected chi connectivity index (χ4v) is 0. The van der Waals surface area contributed by atoms with E-state index in [1.54, 1.807) is 0 Å². The summed E-state index contributed by atoms with van der Waals surface area (Å²) in [4.78, 5) is 0. The monoisotopic (exact) mass is 467 g/mol. The Labute approximate surface area is 104 Å². The van der Waals surface area contributed by atoms with Crippen LogP contribution in [0.3, 0.4) is 0 Å². The van der Waals surface area contributed by atoms with Gasteiger partial charge < -0.3 is 0 Å². The summed E-state index contributed by atoms with van der Waals surface area (Å²) in [6.45, 7) is 13.6. The number of halogens is 2. The zero-order valence-corrected chi connectivity index (χ0v) is 15.4. The summed E-state index contributed by atoms with van der Waals surface area (Å²) in [7, 11) is 1.62. The second-order valence-corrected chi connectivity index (χ2v) is 17.8. The van der Waals surface area contributed by atoms with Crippen LogP contribution in [0, 0.1) is 0 Å². The van der Waals surface area contributed by atoms with Gasteiger partial charge in [0.2, 0.25) is 0 Å². The van der Waals surface area contributed by atoms with Gasteiger partial charge in [0.15, 0.2) is 0 Å². The number of hydrogen-bond acceptors (Lipinski definition) is 0.